The largest absolute Gasteiger partial charge is 0.356 e. The number of piperidine rings is 1. The molecule has 70 valence electrons. The van der Waals surface area contributed by atoms with E-state index in [4.69, 9.17) is 0 Å². The second kappa shape index (κ2) is 4.45. The van der Waals surface area contributed by atoms with Gasteiger partial charge in [0.25, 0.3) is 0 Å². The van der Waals surface area contributed by atoms with Crippen molar-refractivity contribution in [1.29, 1.82) is 0 Å². The topological polar surface area (TPSA) is 32.3 Å². The smallest absolute Gasteiger partial charge is 0.224 e. The maximum absolute atomic E-state index is 11.4. The van der Waals surface area contributed by atoms with E-state index >= 15 is 0 Å². The minimum Gasteiger partial charge on any atom is -0.356 e. The molecule has 3 heteroatoms. The summed E-state index contributed by atoms with van der Waals surface area (Å²) < 4.78 is 0. The van der Waals surface area contributed by atoms with Gasteiger partial charge in [0.05, 0.1) is 5.92 Å². The van der Waals surface area contributed by atoms with Crippen molar-refractivity contribution >= 4 is 5.91 Å². The number of nitrogens with one attached hydrogen (secondary N) is 1. The highest BCUT2D eigenvalue weighted by Gasteiger charge is 2.22. The van der Waals surface area contributed by atoms with Crippen LogP contribution in [0.15, 0.2) is 0 Å². The van der Waals surface area contributed by atoms with E-state index in [1.165, 1.54) is 0 Å². The molecule has 0 aromatic carbocycles. The van der Waals surface area contributed by atoms with Gasteiger partial charge < -0.3 is 10.2 Å². The minimum absolute atomic E-state index is 0.226. The van der Waals surface area contributed by atoms with Gasteiger partial charge in [0, 0.05) is 13.1 Å². The molecule has 3 nitrogen and oxygen atoms in total. The zero-order chi connectivity index (χ0) is 8.97. The van der Waals surface area contributed by atoms with E-state index in [0.29, 0.717) is 0 Å². The lowest BCUT2D eigenvalue weighted by Crippen LogP contribution is -2.41. The lowest BCUT2D eigenvalue weighted by molar-refractivity contribution is -0.126. The van der Waals surface area contributed by atoms with Crippen LogP contribution in [-0.4, -0.2) is 37.5 Å². The summed E-state index contributed by atoms with van der Waals surface area (Å²) in [4.78, 5) is 13.6. The summed E-state index contributed by atoms with van der Waals surface area (Å²) in [7, 11) is 2.07. The predicted octanol–water partition coefficient (Wildman–Crippen LogP) is 0.464. The van der Waals surface area contributed by atoms with Gasteiger partial charge in [-0.05, 0) is 33.4 Å². The van der Waals surface area contributed by atoms with E-state index < -0.39 is 0 Å². The Kier molecular flexibility index (Phi) is 3.53. The highest BCUT2D eigenvalue weighted by atomic mass is 16.1. The molecular formula is C9H18N2O. The average molecular weight is 170 g/mol. The minimum atomic E-state index is 0.226. The van der Waals surface area contributed by atoms with Crippen LogP contribution >= 0.6 is 0 Å². The zero-order valence-corrected chi connectivity index (χ0v) is 7.97. The molecule has 0 aromatic heterocycles. The second-order valence-electron chi connectivity index (χ2n) is 3.50. The van der Waals surface area contributed by atoms with Gasteiger partial charge >= 0.3 is 0 Å². The van der Waals surface area contributed by atoms with Gasteiger partial charge in [-0.1, -0.05) is 0 Å². The Hall–Kier alpha value is -0.570. The SMILES string of the molecule is CCNC(=O)C1CCCN(C)C1. The van der Waals surface area contributed by atoms with Crippen molar-refractivity contribution in [2.24, 2.45) is 5.92 Å². The van der Waals surface area contributed by atoms with Gasteiger partial charge in [-0.2, -0.15) is 0 Å². The third kappa shape index (κ3) is 2.48. The summed E-state index contributed by atoms with van der Waals surface area (Å²) in [6.45, 7) is 4.77. The summed E-state index contributed by atoms with van der Waals surface area (Å²) in [5.74, 6) is 0.452. The lowest BCUT2D eigenvalue weighted by Gasteiger charge is -2.28. The summed E-state index contributed by atoms with van der Waals surface area (Å²) in [6, 6.07) is 0. The van der Waals surface area contributed by atoms with Crippen LogP contribution < -0.4 is 5.32 Å². The van der Waals surface area contributed by atoms with Gasteiger partial charge in [0.15, 0.2) is 0 Å². The predicted molar refractivity (Wildman–Crippen MR) is 48.9 cm³/mol. The second-order valence-corrected chi connectivity index (χ2v) is 3.50. The Labute approximate surface area is 74.1 Å². The number of hydrogen-bond donors (Lipinski definition) is 1. The normalized spacial score (nSPS) is 25.3. The van der Waals surface area contributed by atoms with Crippen LogP contribution in [0.4, 0.5) is 0 Å². The first-order chi connectivity index (χ1) is 5.74. The molecule has 1 amide bonds. The zero-order valence-electron chi connectivity index (χ0n) is 7.97. The fourth-order valence-corrected chi connectivity index (χ4v) is 1.70. The van der Waals surface area contributed by atoms with E-state index in [-0.39, 0.29) is 11.8 Å². The molecule has 1 rings (SSSR count). The molecule has 12 heavy (non-hydrogen) atoms. The summed E-state index contributed by atoms with van der Waals surface area (Å²) in [5, 5.41) is 2.87. The molecule has 0 aromatic rings. The van der Waals surface area contributed by atoms with Crippen LogP contribution in [0.1, 0.15) is 19.8 Å². The summed E-state index contributed by atoms with van der Waals surface area (Å²) >= 11 is 0. The van der Waals surface area contributed by atoms with Gasteiger partial charge in [-0.15, -0.1) is 0 Å². The number of rotatable bonds is 2. The van der Waals surface area contributed by atoms with E-state index in [1.807, 2.05) is 6.92 Å². The molecule has 1 saturated heterocycles. The van der Waals surface area contributed by atoms with Crippen molar-refractivity contribution < 1.29 is 4.79 Å². The summed E-state index contributed by atoms with van der Waals surface area (Å²) in [5.41, 5.74) is 0. The lowest BCUT2D eigenvalue weighted by atomic mass is 9.98. The quantitative estimate of drug-likeness (QED) is 0.653. The monoisotopic (exact) mass is 170 g/mol. The number of hydrogen-bond acceptors (Lipinski definition) is 2. The van der Waals surface area contributed by atoms with Gasteiger partial charge in [-0.25, -0.2) is 0 Å². The van der Waals surface area contributed by atoms with Crippen LogP contribution in [-0.2, 0) is 4.79 Å². The molecule has 1 atom stereocenters. The molecule has 0 radical (unpaired) electrons. The maximum Gasteiger partial charge on any atom is 0.224 e. The van der Waals surface area contributed by atoms with E-state index in [9.17, 15) is 4.79 Å². The Morgan fingerprint density at radius 1 is 1.67 bits per heavy atom. The molecule has 1 aliphatic heterocycles. The molecule has 0 bridgehead atoms. The van der Waals surface area contributed by atoms with Crippen LogP contribution in [0, 0.1) is 5.92 Å². The van der Waals surface area contributed by atoms with E-state index in [1.54, 1.807) is 0 Å². The third-order valence-electron chi connectivity index (χ3n) is 2.35. The fourth-order valence-electron chi connectivity index (χ4n) is 1.70. The van der Waals surface area contributed by atoms with Crippen molar-refractivity contribution in [2.45, 2.75) is 19.8 Å². The summed E-state index contributed by atoms with van der Waals surface area (Å²) in [6.07, 6.45) is 2.20. The molecule has 0 spiro atoms. The molecule has 0 aliphatic carbocycles. The molecule has 1 aliphatic rings. The highest BCUT2D eigenvalue weighted by molar-refractivity contribution is 5.78. The van der Waals surface area contributed by atoms with Crippen molar-refractivity contribution in [3.63, 3.8) is 0 Å². The van der Waals surface area contributed by atoms with Gasteiger partial charge in [0.2, 0.25) is 5.91 Å². The van der Waals surface area contributed by atoms with E-state index in [2.05, 4.69) is 17.3 Å². The molecule has 1 N–H and O–H groups in total. The Morgan fingerprint density at radius 3 is 3.00 bits per heavy atom. The highest BCUT2D eigenvalue weighted by Crippen LogP contribution is 2.14. The van der Waals surface area contributed by atoms with E-state index in [0.717, 1.165) is 32.5 Å². The Morgan fingerprint density at radius 2 is 2.42 bits per heavy atom. The van der Waals surface area contributed by atoms with Crippen LogP contribution in [0.5, 0.6) is 0 Å². The van der Waals surface area contributed by atoms with Crippen LogP contribution in [0.3, 0.4) is 0 Å². The number of likely N-dealkylation sites (tertiary alicyclic amines) is 1. The van der Waals surface area contributed by atoms with Crippen molar-refractivity contribution in [2.75, 3.05) is 26.7 Å². The van der Waals surface area contributed by atoms with Crippen molar-refractivity contribution in [3.05, 3.63) is 0 Å². The maximum atomic E-state index is 11.4. The number of carbonyl (C=O) groups excluding carboxylic acids is 1. The number of amides is 1. The Bertz CT molecular complexity index is 159. The average Bonchev–Trinajstić information content (AvgIpc) is 2.05. The van der Waals surface area contributed by atoms with Crippen molar-refractivity contribution in [3.8, 4) is 0 Å². The molecular weight excluding hydrogens is 152 g/mol. The molecule has 0 saturated carbocycles. The Balaban J connectivity index is 2.35. The molecule has 1 fully saturated rings. The number of carbonyl (C=O) groups is 1. The van der Waals surface area contributed by atoms with Crippen molar-refractivity contribution in [1.82, 2.24) is 10.2 Å². The first-order valence-corrected chi connectivity index (χ1v) is 4.70. The first kappa shape index (κ1) is 9.52. The fraction of sp³-hybridized carbons (Fsp3) is 0.889. The van der Waals surface area contributed by atoms with Gasteiger partial charge in [0.1, 0.15) is 0 Å². The standard InChI is InChI=1S/C9H18N2O/c1-3-10-9(12)8-5-4-6-11(2)7-8/h8H,3-7H2,1-2H3,(H,10,12). The molecule has 1 unspecified atom stereocenters. The first-order valence-electron chi connectivity index (χ1n) is 4.70. The number of nitrogens with zero attached hydrogens (tertiary/aromatic N) is 1. The van der Waals surface area contributed by atoms with Crippen LogP contribution in [0.25, 0.3) is 0 Å². The third-order valence-corrected chi connectivity index (χ3v) is 2.35. The molecule has 1 heterocycles. The van der Waals surface area contributed by atoms with Crippen LogP contribution in [0.2, 0.25) is 0 Å². The van der Waals surface area contributed by atoms with Gasteiger partial charge in [-0.3, -0.25) is 4.79 Å².